The van der Waals surface area contributed by atoms with E-state index in [4.69, 9.17) is 23.4 Å². The van der Waals surface area contributed by atoms with Crippen LogP contribution in [0.1, 0.15) is 76.5 Å². The van der Waals surface area contributed by atoms with Gasteiger partial charge in [0.25, 0.3) is 0 Å². The molecule has 6 aromatic carbocycles. The highest BCUT2D eigenvalue weighted by atomic mass is 28.4. The van der Waals surface area contributed by atoms with Gasteiger partial charge in [-0.05, 0) is 82.3 Å². The molecule has 0 spiro atoms. The molecule has 1 aliphatic heterocycles. The Bertz CT molecular complexity index is 2210. The lowest BCUT2D eigenvalue weighted by Gasteiger charge is -2.36. The van der Waals surface area contributed by atoms with E-state index in [-0.39, 0.29) is 10.8 Å². The summed E-state index contributed by atoms with van der Waals surface area (Å²) in [6.45, 7) is 12.8. The van der Waals surface area contributed by atoms with Crippen molar-refractivity contribution >= 4 is 14.1 Å². The summed E-state index contributed by atoms with van der Waals surface area (Å²) in [4.78, 5) is 15.2. The highest BCUT2D eigenvalue weighted by Gasteiger charge is 2.42. The summed E-state index contributed by atoms with van der Waals surface area (Å²) in [6.07, 6.45) is -0.576. The second-order valence-corrected chi connectivity index (χ2v) is 20.7. The number of benzene rings is 6. The van der Waals surface area contributed by atoms with Gasteiger partial charge in [0.15, 0.2) is 14.1 Å². The molecule has 2 atom stereocenters. The van der Waals surface area contributed by atoms with Gasteiger partial charge in [-0.1, -0.05) is 130 Å². The van der Waals surface area contributed by atoms with E-state index >= 15 is 4.79 Å². The highest BCUT2D eigenvalue weighted by molar-refractivity contribution is 6.74. The number of ether oxygens (including phenoxy) is 4. The smallest absolute Gasteiger partial charge is 0.192 e. The predicted molar refractivity (Wildman–Crippen MR) is 224 cm³/mol. The van der Waals surface area contributed by atoms with Gasteiger partial charge in [-0.25, -0.2) is 0 Å². The second-order valence-electron chi connectivity index (χ2n) is 15.9. The van der Waals surface area contributed by atoms with Crippen molar-refractivity contribution in [1.82, 2.24) is 0 Å². The minimum absolute atomic E-state index is 0.0700. The zero-order valence-corrected chi connectivity index (χ0v) is 33.9. The van der Waals surface area contributed by atoms with E-state index in [0.717, 1.165) is 39.1 Å². The van der Waals surface area contributed by atoms with Gasteiger partial charge < -0.3 is 23.4 Å². The maximum Gasteiger partial charge on any atom is 0.192 e. The number of hydrogen-bond acceptors (Lipinski definition) is 6. The van der Waals surface area contributed by atoms with Gasteiger partial charge in [-0.2, -0.15) is 0 Å². The molecule has 1 aliphatic rings. The molecule has 0 bridgehead atoms. The zero-order valence-electron chi connectivity index (χ0n) is 32.9. The Labute approximate surface area is 332 Å². The summed E-state index contributed by atoms with van der Waals surface area (Å²) in [7, 11) is -2.02. The van der Waals surface area contributed by atoms with Crippen molar-refractivity contribution in [3.63, 3.8) is 0 Å². The molecule has 0 aliphatic carbocycles. The largest absolute Gasteiger partial charge is 0.489 e. The summed E-state index contributed by atoms with van der Waals surface area (Å²) < 4.78 is 32.1. The summed E-state index contributed by atoms with van der Waals surface area (Å²) in [6, 6.07) is 49.5. The van der Waals surface area contributed by atoms with Crippen molar-refractivity contribution in [2.24, 2.45) is 0 Å². The molecule has 56 heavy (non-hydrogen) atoms. The molecule has 7 rings (SSSR count). The molecule has 6 aromatic rings. The monoisotopic (exact) mass is 762 g/mol. The molecule has 0 saturated heterocycles. The maximum atomic E-state index is 15.2. The van der Waals surface area contributed by atoms with Gasteiger partial charge in [0.05, 0.1) is 18.1 Å². The molecule has 1 heterocycles. The Hall–Kier alpha value is -5.63. The molecule has 7 heteroatoms. The third-order valence-electron chi connectivity index (χ3n) is 10.8. The van der Waals surface area contributed by atoms with E-state index in [1.54, 1.807) is 0 Å². The quantitative estimate of drug-likeness (QED) is 0.0767. The summed E-state index contributed by atoms with van der Waals surface area (Å²) in [5, 5.41) is 0.0700. The molecule has 6 nitrogen and oxygen atoms in total. The van der Waals surface area contributed by atoms with Gasteiger partial charge in [0.2, 0.25) is 0 Å². The third-order valence-corrected chi connectivity index (χ3v) is 15.3. The van der Waals surface area contributed by atoms with Crippen molar-refractivity contribution < 1.29 is 28.2 Å². The summed E-state index contributed by atoms with van der Waals surface area (Å²) in [5.41, 5.74) is 6.31. The molecule has 0 unspecified atom stereocenters. The first-order valence-electron chi connectivity index (χ1n) is 19.3. The first-order chi connectivity index (χ1) is 27.0. The Morgan fingerprint density at radius 1 is 0.589 bits per heavy atom. The number of hydrogen-bond donors (Lipinski definition) is 0. The van der Waals surface area contributed by atoms with Crippen LogP contribution in [0.3, 0.4) is 0 Å². The zero-order chi connectivity index (χ0) is 39.1. The number of ketones is 1. The van der Waals surface area contributed by atoms with Gasteiger partial charge in [-0.15, -0.1) is 0 Å². The highest BCUT2D eigenvalue weighted by Crippen LogP contribution is 2.49. The van der Waals surface area contributed by atoms with Crippen molar-refractivity contribution in [1.29, 1.82) is 0 Å². The van der Waals surface area contributed by atoms with Gasteiger partial charge in [0, 0.05) is 11.6 Å². The SMILES string of the molecule is CC(C)(C)[Si](C)(C)OCc1ccc2c(c1)[C@H](C(=O)c1ccc(OCc3ccccc3)cc1OCc1ccccc1)[C@@H](c1ccc(OCc3ccccc3)cc1)O2. The van der Waals surface area contributed by atoms with E-state index in [1.165, 1.54) is 0 Å². The number of rotatable bonds is 15. The van der Waals surface area contributed by atoms with E-state index < -0.39 is 20.3 Å². The van der Waals surface area contributed by atoms with Crippen molar-refractivity contribution in [2.75, 3.05) is 0 Å². The van der Waals surface area contributed by atoms with E-state index in [9.17, 15) is 0 Å². The second kappa shape index (κ2) is 17.0. The molecule has 0 amide bonds. The van der Waals surface area contributed by atoms with Crippen LogP contribution in [-0.4, -0.2) is 14.1 Å². The van der Waals surface area contributed by atoms with Crippen LogP contribution in [-0.2, 0) is 30.9 Å². The number of carbonyl (C=O) groups excluding carboxylic acids is 1. The Kier molecular flexibility index (Phi) is 11.7. The van der Waals surface area contributed by atoms with E-state index in [1.807, 2.05) is 146 Å². The number of carbonyl (C=O) groups is 1. The lowest BCUT2D eigenvalue weighted by Crippen LogP contribution is -2.40. The topological polar surface area (TPSA) is 63.2 Å². The van der Waals surface area contributed by atoms with Crippen LogP contribution >= 0.6 is 0 Å². The standard InChI is InChI=1S/C49H50O6Si/c1-49(2,3)56(4,5)54-34-38-21-28-44-43(29-38)46(48(55-44)39-22-24-40(25-23-39)51-31-35-15-9-6-10-16-35)47(50)42-27-26-41(52-32-36-17-11-7-12-18-36)30-45(42)53-33-37-19-13-8-14-20-37/h6-30,46,48H,31-34H2,1-5H3/t46-,48-/m1/s1. The molecule has 0 fully saturated rings. The fourth-order valence-electron chi connectivity index (χ4n) is 6.48. The van der Waals surface area contributed by atoms with Crippen LogP contribution in [0.25, 0.3) is 0 Å². The Morgan fingerprint density at radius 3 is 1.70 bits per heavy atom. The van der Waals surface area contributed by atoms with Crippen LogP contribution in [0.4, 0.5) is 0 Å². The van der Waals surface area contributed by atoms with Crippen LogP contribution in [0, 0.1) is 0 Å². The maximum absolute atomic E-state index is 15.2. The van der Waals surface area contributed by atoms with Crippen LogP contribution in [0.5, 0.6) is 23.0 Å². The average molecular weight is 763 g/mol. The first-order valence-corrected chi connectivity index (χ1v) is 22.2. The van der Waals surface area contributed by atoms with Gasteiger partial charge >= 0.3 is 0 Å². The fourth-order valence-corrected chi connectivity index (χ4v) is 7.44. The minimum atomic E-state index is -2.02. The predicted octanol–water partition coefficient (Wildman–Crippen LogP) is 12.0. The molecule has 0 radical (unpaired) electrons. The normalized spacial score (nSPS) is 15.1. The summed E-state index contributed by atoms with van der Waals surface area (Å²) in [5.74, 6) is 1.75. The van der Waals surface area contributed by atoms with Gasteiger partial charge in [-0.3, -0.25) is 4.79 Å². The number of Topliss-reactive ketones (excluding diaryl/α,β-unsaturated/α-hetero) is 1. The molecule has 0 aromatic heterocycles. The molecular formula is C49H50O6Si. The molecule has 286 valence electrons. The Balaban J connectivity index is 1.21. The summed E-state index contributed by atoms with van der Waals surface area (Å²) >= 11 is 0. The average Bonchev–Trinajstić information content (AvgIpc) is 3.60. The number of fused-ring (bicyclic) bond motifs is 1. The Morgan fingerprint density at radius 2 is 1.12 bits per heavy atom. The molecule has 0 N–H and O–H groups in total. The van der Waals surface area contributed by atoms with Crippen molar-refractivity contribution in [3.05, 3.63) is 191 Å². The third kappa shape index (κ3) is 9.24. The minimum Gasteiger partial charge on any atom is -0.489 e. The van der Waals surface area contributed by atoms with Crippen molar-refractivity contribution in [2.45, 2.75) is 77.4 Å². The van der Waals surface area contributed by atoms with Crippen LogP contribution in [0.2, 0.25) is 18.1 Å². The van der Waals surface area contributed by atoms with Crippen molar-refractivity contribution in [3.8, 4) is 23.0 Å². The van der Waals surface area contributed by atoms with Crippen LogP contribution in [0.15, 0.2) is 152 Å². The van der Waals surface area contributed by atoms with E-state index in [0.29, 0.717) is 49.2 Å². The molecular weight excluding hydrogens is 713 g/mol. The lowest BCUT2D eigenvalue weighted by molar-refractivity contribution is 0.0891. The molecule has 0 saturated carbocycles. The lowest BCUT2D eigenvalue weighted by atomic mass is 9.84. The van der Waals surface area contributed by atoms with Gasteiger partial charge in [0.1, 0.15) is 48.9 Å². The van der Waals surface area contributed by atoms with E-state index in [2.05, 4.69) is 39.9 Å². The van der Waals surface area contributed by atoms with Crippen LogP contribution < -0.4 is 18.9 Å². The fraction of sp³-hybridized carbons (Fsp3) is 0.245. The first kappa shape index (κ1) is 38.6.